The molecule has 5 heteroatoms. The van der Waals surface area contributed by atoms with Crippen LogP contribution in [0.4, 0.5) is 0 Å². The number of aryl methyl sites for hydroxylation is 1. The standard InChI is InChI=1S/C10H9N5/c1-8-4-9(15-7-11-6-13-15)10-12-2-3-14(10)5-8/h2-7H,1H3. The molecule has 74 valence electrons. The lowest BCUT2D eigenvalue weighted by atomic mass is 10.3. The molecule has 0 bridgehead atoms. The smallest absolute Gasteiger partial charge is 0.162 e. The lowest BCUT2D eigenvalue weighted by Gasteiger charge is -2.04. The van der Waals surface area contributed by atoms with Crippen LogP contribution < -0.4 is 0 Å². The van der Waals surface area contributed by atoms with Crippen LogP contribution in [0.1, 0.15) is 5.56 Å². The zero-order valence-corrected chi connectivity index (χ0v) is 8.20. The van der Waals surface area contributed by atoms with Crippen molar-refractivity contribution in [2.45, 2.75) is 6.92 Å². The first-order valence-electron chi connectivity index (χ1n) is 4.63. The molecule has 0 N–H and O–H groups in total. The molecular weight excluding hydrogens is 190 g/mol. The third kappa shape index (κ3) is 1.20. The Kier molecular flexibility index (Phi) is 1.58. The number of fused-ring (bicyclic) bond motifs is 1. The van der Waals surface area contributed by atoms with Crippen molar-refractivity contribution >= 4 is 5.65 Å². The van der Waals surface area contributed by atoms with Crippen LogP contribution in [-0.2, 0) is 0 Å². The summed E-state index contributed by atoms with van der Waals surface area (Å²) < 4.78 is 3.70. The fourth-order valence-corrected chi connectivity index (χ4v) is 1.65. The number of pyridine rings is 1. The number of aromatic nitrogens is 5. The highest BCUT2D eigenvalue weighted by Gasteiger charge is 2.05. The predicted octanol–water partition coefficient (Wildman–Crippen LogP) is 1.22. The van der Waals surface area contributed by atoms with Gasteiger partial charge in [0, 0.05) is 18.6 Å². The van der Waals surface area contributed by atoms with Gasteiger partial charge in [0.25, 0.3) is 0 Å². The maximum absolute atomic E-state index is 4.29. The summed E-state index contributed by atoms with van der Waals surface area (Å²) in [4.78, 5) is 8.22. The van der Waals surface area contributed by atoms with Crippen LogP contribution >= 0.6 is 0 Å². The van der Waals surface area contributed by atoms with Gasteiger partial charge >= 0.3 is 0 Å². The number of imidazole rings is 1. The van der Waals surface area contributed by atoms with Crippen LogP contribution in [-0.4, -0.2) is 24.1 Å². The van der Waals surface area contributed by atoms with Crippen molar-refractivity contribution in [2.24, 2.45) is 0 Å². The molecule has 3 rings (SSSR count). The van der Waals surface area contributed by atoms with Gasteiger partial charge in [-0.2, -0.15) is 5.10 Å². The molecule has 3 aromatic rings. The first kappa shape index (κ1) is 8.16. The van der Waals surface area contributed by atoms with Gasteiger partial charge < -0.3 is 4.40 Å². The Morgan fingerprint density at radius 3 is 3.07 bits per heavy atom. The molecule has 0 saturated heterocycles. The molecule has 0 aliphatic rings. The van der Waals surface area contributed by atoms with Gasteiger partial charge in [-0.3, -0.25) is 0 Å². The molecule has 0 aliphatic carbocycles. The number of nitrogens with zero attached hydrogens (tertiary/aromatic N) is 5. The second-order valence-electron chi connectivity index (χ2n) is 3.40. The molecule has 3 aromatic heterocycles. The molecule has 0 unspecified atom stereocenters. The minimum atomic E-state index is 0.881. The quantitative estimate of drug-likeness (QED) is 0.592. The highest BCUT2D eigenvalue weighted by molar-refractivity contribution is 5.59. The molecule has 0 amide bonds. The summed E-state index contributed by atoms with van der Waals surface area (Å²) in [6, 6.07) is 2.04. The van der Waals surface area contributed by atoms with Crippen LogP contribution in [0.15, 0.2) is 37.3 Å². The Hall–Kier alpha value is -2.17. The van der Waals surface area contributed by atoms with Gasteiger partial charge in [0.1, 0.15) is 18.3 Å². The molecule has 3 heterocycles. The highest BCUT2D eigenvalue weighted by atomic mass is 15.3. The van der Waals surface area contributed by atoms with Crippen LogP contribution in [0.5, 0.6) is 0 Å². The van der Waals surface area contributed by atoms with Gasteiger partial charge in [-0.05, 0) is 18.6 Å². The lowest BCUT2D eigenvalue weighted by molar-refractivity contribution is 0.873. The van der Waals surface area contributed by atoms with E-state index in [1.165, 1.54) is 6.33 Å². The number of rotatable bonds is 1. The molecule has 0 spiro atoms. The molecule has 0 aliphatic heterocycles. The Morgan fingerprint density at radius 1 is 1.33 bits per heavy atom. The summed E-state index contributed by atoms with van der Waals surface area (Å²) in [5, 5.41) is 4.11. The first-order valence-corrected chi connectivity index (χ1v) is 4.63. The van der Waals surface area contributed by atoms with Crippen LogP contribution in [0.2, 0.25) is 0 Å². The summed E-state index contributed by atoms with van der Waals surface area (Å²) in [6.07, 6.45) is 8.91. The van der Waals surface area contributed by atoms with E-state index >= 15 is 0 Å². The monoisotopic (exact) mass is 199 g/mol. The van der Waals surface area contributed by atoms with E-state index in [0.717, 1.165) is 16.9 Å². The predicted molar refractivity (Wildman–Crippen MR) is 54.8 cm³/mol. The summed E-state index contributed by atoms with van der Waals surface area (Å²) in [5.41, 5.74) is 2.98. The van der Waals surface area contributed by atoms with E-state index in [4.69, 9.17) is 0 Å². The van der Waals surface area contributed by atoms with Crippen LogP contribution in [0.3, 0.4) is 0 Å². The van der Waals surface area contributed by atoms with Gasteiger partial charge in [-0.1, -0.05) is 0 Å². The molecule has 0 radical (unpaired) electrons. The average Bonchev–Trinajstić information content (AvgIpc) is 2.86. The zero-order chi connectivity index (χ0) is 10.3. The SMILES string of the molecule is Cc1cc(-n2cncn2)c2nccn2c1. The maximum atomic E-state index is 4.29. The van der Waals surface area contributed by atoms with Gasteiger partial charge in [0.15, 0.2) is 5.65 Å². The molecule has 0 atom stereocenters. The normalized spacial score (nSPS) is 11.0. The Balaban J connectivity index is 2.38. The van der Waals surface area contributed by atoms with E-state index in [2.05, 4.69) is 15.1 Å². The summed E-state index contributed by atoms with van der Waals surface area (Å²) in [5.74, 6) is 0. The Labute approximate surface area is 86.0 Å². The first-order chi connectivity index (χ1) is 7.34. The van der Waals surface area contributed by atoms with Crippen molar-refractivity contribution in [1.29, 1.82) is 0 Å². The maximum Gasteiger partial charge on any atom is 0.162 e. The van der Waals surface area contributed by atoms with Gasteiger partial charge in [-0.25, -0.2) is 14.6 Å². The summed E-state index contributed by atoms with van der Waals surface area (Å²) >= 11 is 0. The Bertz CT molecular complexity index is 593. The van der Waals surface area contributed by atoms with Crippen molar-refractivity contribution < 1.29 is 0 Å². The van der Waals surface area contributed by atoms with E-state index < -0.39 is 0 Å². The van der Waals surface area contributed by atoms with Gasteiger partial charge in [-0.15, -0.1) is 0 Å². The third-order valence-electron chi connectivity index (χ3n) is 2.27. The largest absolute Gasteiger partial charge is 0.305 e. The lowest BCUT2D eigenvalue weighted by Crippen LogP contribution is -1.99. The van der Waals surface area contributed by atoms with Crippen LogP contribution in [0, 0.1) is 6.92 Å². The molecular formula is C10H9N5. The van der Waals surface area contributed by atoms with E-state index in [1.54, 1.807) is 17.2 Å². The minimum Gasteiger partial charge on any atom is -0.305 e. The van der Waals surface area contributed by atoms with Gasteiger partial charge in [0.05, 0.1) is 0 Å². The van der Waals surface area contributed by atoms with Crippen molar-refractivity contribution in [3.05, 3.63) is 42.9 Å². The topological polar surface area (TPSA) is 48.0 Å². The van der Waals surface area contributed by atoms with E-state index in [1.807, 2.05) is 29.8 Å². The minimum absolute atomic E-state index is 0.881. The van der Waals surface area contributed by atoms with Gasteiger partial charge in [0.2, 0.25) is 0 Å². The molecule has 15 heavy (non-hydrogen) atoms. The second-order valence-corrected chi connectivity index (χ2v) is 3.40. The third-order valence-corrected chi connectivity index (χ3v) is 2.27. The van der Waals surface area contributed by atoms with E-state index in [-0.39, 0.29) is 0 Å². The van der Waals surface area contributed by atoms with E-state index in [0.29, 0.717) is 0 Å². The molecule has 0 saturated carbocycles. The fraction of sp³-hybridized carbons (Fsp3) is 0.100. The molecule has 0 aromatic carbocycles. The average molecular weight is 199 g/mol. The second kappa shape index (κ2) is 2.91. The fourth-order valence-electron chi connectivity index (χ4n) is 1.65. The number of hydrogen-bond donors (Lipinski definition) is 0. The summed E-state index contributed by atoms with van der Waals surface area (Å²) in [6.45, 7) is 2.04. The number of hydrogen-bond acceptors (Lipinski definition) is 3. The Morgan fingerprint density at radius 2 is 2.27 bits per heavy atom. The van der Waals surface area contributed by atoms with Crippen molar-refractivity contribution in [3.63, 3.8) is 0 Å². The van der Waals surface area contributed by atoms with Crippen molar-refractivity contribution in [3.8, 4) is 5.69 Å². The van der Waals surface area contributed by atoms with E-state index in [9.17, 15) is 0 Å². The molecule has 0 fully saturated rings. The zero-order valence-electron chi connectivity index (χ0n) is 8.20. The van der Waals surface area contributed by atoms with Crippen molar-refractivity contribution in [2.75, 3.05) is 0 Å². The summed E-state index contributed by atoms with van der Waals surface area (Å²) in [7, 11) is 0. The van der Waals surface area contributed by atoms with Crippen LogP contribution in [0.25, 0.3) is 11.3 Å². The van der Waals surface area contributed by atoms with Crippen molar-refractivity contribution in [1.82, 2.24) is 24.1 Å². The highest BCUT2D eigenvalue weighted by Crippen LogP contribution is 2.14. The molecule has 5 nitrogen and oxygen atoms in total.